The average Bonchev–Trinajstić information content (AvgIpc) is 2.57. The molecule has 0 aliphatic carbocycles. The highest BCUT2D eigenvalue weighted by Crippen LogP contribution is 2.40. The van der Waals surface area contributed by atoms with Crippen molar-refractivity contribution in [2.75, 3.05) is 13.7 Å². The Labute approximate surface area is 152 Å². The molecular weight excluding hydrogens is 368 g/mol. The molecule has 0 saturated heterocycles. The quantitative estimate of drug-likeness (QED) is 0.644. The van der Waals surface area contributed by atoms with Gasteiger partial charge < -0.3 is 9.47 Å². The zero-order valence-electron chi connectivity index (χ0n) is 14.5. The van der Waals surface area contributed by atoms with E-state index in [4.69, 9.17) is 9.47 Å². The summed E-state index contributed by atoms with van der Waals surface area (Å²) >= 11 is 3.44. The van der Waals surface area contributed by atoms with Crippen molar-refractivity contribution in [3.8, 4) is 5.75 Å². The molecule has 0 bridgehead atoms. The predicted octanol–water partition coefficient (Wildman–Crippen LogP) is 5.08. The molecule has 128 valence electrons. The van der Waals surface area contributed by atoms with Crippen molar-refractivity contribution in [2.24, 2.45) is 0 Å². The minimum Gasteiger partial charge on any atom is -0.497 e. The third-order valence-electron chi connectivity index (χ3n) is 4.28. The molecule has 4 heteroatoms. The Balaban J connectivity index is 2.46. The smallest absolute Gasteiger partial charge is 0.314 e. The van der Waals surface area contributed by atoms with E-state index >= 15 is 0 Å². The summed E-state index contributed by atoms with van der Waals surface area (Å²) in [5.41, 5.74) is 1.58. The van der Waals surface area contributed by atoms with E-state index in [1.165, 1.54) is 0 Å². The highest BCUT2D eigenvalue weighted by atomic mass is 79.9. The maximum Gasteiger partial charge on any atom is 0.314 e. The van der Waals surface area contributed by atoms with Crippen LogP contribution in [-0.4, -0.2) is 19.7 Å². The molecule has 24 heavy (non-hydrogen) atoms. The van der Waals surface area contributed by atoms with Crippen LogP contribution in [0.5, 0.6) is 5.75 Å². The van der Waals surface area contributed by atoms with Gasteiger partial charge in [-0.1, -0.05) is 54.0 Å². The van der Waals surface area contributed by atoms with Gasteiger partial charge in [-0.3, -0.25) is 4.79 Å². The highest BCUT2D eigenvalue weighted by Gasteiger charge is 2.39. The van der Waals surface area contributed by atoms with Crippen LogP contribution in [0.25, 0.3) is 0 Å². The van der Waals surface area contributed by atoms with Crippen molar-refractivity contribution >= 4 is 21.9 Å². The van der Waals surface area contributed by atoms with Crippen LogP contribution in [0.1, 0.15) is 37.8 Å². The second kappa shape index (κ2) is 7.84. The molecule has 0 fully saturated rings. The van der Waals surface area contributed by atoms with E-state index in [1.807, 2.05) is 55.5 Å². The van der Waals surface area contributed by atoms with Crippen LogP contribution in [-0.2, 0) is 14.9 Å². The molecule has 0 unspecified atom stereocenters. The first-order valence-electron chi connectivity index (χ1n) is 7.96. The van der Waals surface area contributed by atoms with Crippen molar-refractivity contribution < 1.29 is 14.3 Å². The minimum atomic E-state index is -0.424. The molecule has 0 spiro atoms. The van der Waals surface area contributed by atoms with Crippen molar-refractivity contribution in [3.63, 3.8) is 0 Å². The lowest BCUT2D eigenvalue weighted by molar-refractivity contribution is -0.146. The monoisotopic (exact) mass is 390 g/mol. The van der Waals surface area contributed by atoms with Crippen LogP contribution >= 0.6 is 15.9 Å². The molecule has 2 aromatic carbocycles. The Morgan fingerprint density at radius 2 is 1.67 bits per heavy atom. The van der Waals surface area contributed by atoms with Crippen molar-refractivity contribution in [3.05, 3.63) is 64.1 Å². The van der Waals surface area contributed by atoms with Crippen LogP contribution in [0.4, 0.5) is 0 Å². The first kappa shape index (κ1) is 18.5. The summed E-state index contributed by atoms with van der Waals surface area (Å²) < 4.78 is 11.6. The van der Waals surface area contributed by atoms with Gasteiger partial charge in [0, 0.05) is 9.89 Å². The van der Waals surface area contributed by atoms with Crippen LogP contribution in [0, 0.1) is 0 Å². The van der Waals surface area contributed by atoms with Gasteiger partial charge in [0.2, 0.25) is 0 Å². The van der Waals surface area contributed by atoms with Gasteiger partial charge in [-0.25, -0.2) is 0 Å². The summed E-state index contributed by atoms with van der Waals surface area (Å²) in [6.07, 6.45) is 0. The number of carbonyl (C=O) groups is 1. The maximum absolute atomic E-state index is 12.7. The second-order valence-electron chi connectivity index (χ2n) is 6.19. The highest BCUT2D eigenvalue weighted by molar-refractivity contribution is 9.10. The molecule has 2 rings (SSSR count). The second-order valence-corrected chi connectivity index (χ2v) is 7.10. The summed E-state index contributed by atoms with van der Waals surface area (Å²) in [6.45, 7) is 6.33. The molecule has 0 heterocycles. The van der Waals surface area contributed by atoms with Gasteiger partial charge in [-0.2, -0.15) is 0 Å². The lowest BCUT2D eigenvalue weighted by Gasteiger charge is -2.33. The fraction of sp³-hybridized carbons (Fsp3) is 0.350. The molecule has 0 aliphatic heterocycles. The van der Waals surface area contributed by atoms with Gasteiger partial charge in [-0.05, 0) is 42.3 Å². The van der Waals surface area contributed by atoms with Crippen LogP contribution < -0.4 is 4.74 Å². The number of halogens is 1. The molecule has 0 aliphatic rings. The average molecular weight is 391 g/mol. The molecule has 0 amide bonds. The van der Waals surface area contributed by atoms with E-state index in [9.17, 15) is 4.79 Å². The summed E-state index contributed by atoms with van der Waals surface area (Å²) in [5, 5.41) is 0. The van der Waals surface area contributed by atoms with Crippen molar-refractivity contribution in [2.45, 2.75) is 32.1 Å². The molecule has 3 nitrogen and oxygen atoms in total. The van der Waals surface area contributed by atoms with E-state index in [0.29, 0.717) is 6.61 Å². The number of hydrogen-bond donors (Lipinski definition) is 0. The van der Waals surface area contributed by atoms with E-state index < -0.39 is 5.41 Å². The van der Waals surface area contributed by atoms with Gasteiger partial charge in [0.25, 0.3) is 0 Å². The van der Waals surface area contributed by atoms with Crippen LogP contribution in [0.3, 0.4) is 0 Å². The van der Waals surface area contributed by atoms with Crippen LogP contribution in [0.15, 0.2) is 53.0 Å². The number of benzene rings is 2. The van der Waals surface area contributed by atoms with Gasteiger partial charge in [-0.15, -0.1) is 0 Å². The van der Waals surface area contributed by atoms with Gasteiger partial charge in [0.05, 0.1) is 19.6 Å². The number of rotatable bonds is 6. The number of methoxy groups -OCH3 is 1. The Hall–Kier alpha value is -1.81. The zero-order valence-corrected chi connectivity index (χ0v) is 16.1. The summed E-state index contributed by atoms with van der Waals surface area (Å²) in [7, 11) is 1.64. The SMILES string of the molecule is CCOC(=O)[C@H](c1ccc(Br)cc1)C(C)(C)c1ccc(OC)cc1. The lowest BCUT2D eigenvalue weighted by Crippen LogP contribution is -2.34. The summed E-state index contributed by atoms with van der Waals surface area (Å²) in [5.74, 6) is 0.200. The molecular formula is C20H23BrO3. The fourth-order valence-electron chi connectivity index (χ4n) is 2.92. The maximum atomic E-state index is 12.7. The number of esters is 1. The third-order valence-corrected chi connectivity index (χ3v) is 4.81. The Kier molecular flexibility index (Phi) is 6.05. The number of hydrogen-bond acceptors (Lipinski definition) is 3. The predicted molar refractivity (Wildman–Crippen MR) is 99.5 cm³/mol. The lowest BCUT2D eigenvalue weighted by atomic mass is 9.70. The van der Waals surface area contributed by atoms with Crippen molar-refractivity contribution in [1.82, 2.24) is 0 Å². The standard InChI is InChI=1S/C20H23BrO3/c1-5-24-19(22)18(14-6-10-16(21)11-7-14)20(2,3)15-8-12-17(23-4)13-9-15/h6-13,18H,5H2,1-4H3/t18-/m0/s1. The van der Waals surface area contributed by atoms with E-state index in [2.05, 4.69) is 29.8 Å². The first-order valence-corrected chi connectivity index (χ1v) is 8.76. The topological polar surface area (TPSA) is 35.5 Å². The van der Waals surface area contributed by atoms with Gasteiger partial charge in [0.1, 0.15) is 5.75 Å². The summed E-state index contributed by atoms with van der Waals surface area (Å²) in [6, 6.07) is 15.7. The largest absolute Gasteiger partial charge is 0.497 e. The molecule has 0 aromatic heterocycles. The molecule has 0 saturated carbocycles. The number of carbonyl (C=O) groups excluding carboxylic acids is 1. The fourth-order valence-corrected chi connectivity index (χ4v) is 3.18. The number of ether oxygens (including phenoxy) is 2. The third kappa shape index (κ3) is 3.99. The Morgan fingerprint density at radius 1 is 1.08 bits per heavy atom. The van der Waals surface area contributed by atoms with Crippen LogP contribution in [0.2, 0.25) is 0 Å². The summed E-state index contributed by atoms with van der Waals surface area (Å²) in [4.78, 5) is 12.7. The van der Waals surface area contributed by atoms with E-state index in [0.717, 1.165) is 21.3 Å². The molecule has 2 aromatic rings. The Morgan fingerprint density at radius 3 is 2.17 bits per heavy atom. The zero-order chi connectivity index (χ0) is 17.7. The van der Waals surface area contributed by atoms with Crippen molar-refractivity contribution in [1.29, 1.82) is 0 Å². The minimum absolute atomic E-state index is 0.208. The van der Waals surface area contributed by atoms with E-state index in [-0.39, 0.29) is 11.9 Å². The molecule has 0 radical (unpaired) electrons. The molecule has 0 N–H and O–H groups in total. The van der Waals surface area contributed by atoms with E-state index in [1.54, 1.807) is 7.11 Å². The normalized spacial score (nSPS) is 12.5. The molecule has 1 atom stereocenters. The Bertz CT molecular complexity index is 675. The first-order chi connectivity index (χ1) is 11.4. The van der Waals surface area contributed by atoms with Gasteiger partial charge >= 0.3 is 5.97 Å². The van der Waals surface area contributed by atoms with Gasteiger partial charge in [0.15, 0.2) is 0 Å².